The standard InChI is InChI=1S/C17H22N4O4S/c1-17(2)24-12-14(25-17)11-21(13-6-4-3-5-7-13)26(22,23)15-8-9-16(20-18)19-10-15/h3-10,14H,11-12,18H2,1-2H3,(H,19,20). The number of hydrazine groups is 1. The molecule has 0 saturated carbocycles. The summed E-state index contributed by atoms with van der Waals surface area (Å²) in [6, 6.07) is 11.8. The van der Waals surface area contributed by atoms with Crippen LogP contribution in [0.15, 0.2) is 53.6 Å². The number of hydrogen-bond acceptors (Lipinski definition) is 7. The summed E-state index contributed by atoms with van der Waals surface area (Å²) >= 11 is 0. The van der Waals surface area contributed by atoms with E-state index in [1.807, 2.05) is 6.07 Å². The van der Waals surface area contributed by atoms with Gasteiger partial charge in [-0.05, 0) is 38.1 Å². The molecule has 1 atom stereocenters. The number of nitrogens with zero attached hydrogens (tertiary/aromatic N) is 2. The number of nitrogen functional groups attached to an aromatic ring is 1. The SMILES string of the molecule is CC1(C)OCC(CN(c2ccccc2)S(=O)(=O)c2ccc(NN)nc2)O1. The Morgan fingerprint density at radius 3 is 2.54 bits per heavy atom. The second-order valence-corrected chi connectivity index (χ2v) is 8.21. The van der Waals surface area contributed by atoms with Gasteiger partial charge in [0.25, 0.3) is 10.0 Å². The number of ether oxygens (including phenoxy) is 2. The van der Waals surface area contributed by atoms with Crippen molar-refractivity contribution in [2.24, 2.45) is 5.84 Å². The number of benzene rings is 1. The number of pyridine rings is 1. The Morgan fingerprint density at radius 2 is 2.00 bits per heavy atom. The molecule has 0 radical (unpaired) electrons. The molecule has 1 aromatic heterocycles. The molecule has 1 aliphatic heterocycles. The van der Waals surface area contributed by atoms with Crippen LogP contribution in [0.2, 0.25) is 0 Å². The topological polar surface area (TPSA) is 107 Å². The van der Waals surface area contributed by atoms with Crippen molar-refractivity contribution >= 4 is 21.5 Å². The van der Waals surface area contributed by atoms with Gasteiger partial charge in [-0.1, -0.05) is 18.2 Å². The molecular formula is C17H22N4O4S. The Bertz CT molecular complexity index is 841. The molecule has 1 saturated heterocycles. The predicted octanol–water partition coefficient (Wildman–Crippen LogP) is 1.71. The van der Waals surface area contributed by atoms with Crippen molar-refractivity contribution in [3.63, 3.8) is 0 Å². The van der Waals surface area contributed by atoms with Crippen LogP contribution in [0.5, 0.6) is 0 Å². The predicted molar refractivity (Wildman–Crippen MR) is 97.9 cm³/mol. The van der Waals surface area contributed by atoms with E-state index in [0.717, 1.165) is 0 Å². The van der Waals surface area contributed by atoms with E-state index in [9.17, 15) is 8.42 Å². The van der Waals surface area contributed by atoms with Gasteiger partial charge < -0.3 is 14.9 Å². The van der Waals surface area contributed by atoms with Crippen molar-refractivity contribution in [3.8, 4) is 0 Å². The van der Waals surface area contributed by atoms with Crippen molar-refractivity contribution in [2.45, 2.75) is 30.6 Å². The lowest BCUT2D eigenvalue weighted by Crippen LogP contribution is -2.39. The minimum Gasteiger partial charge on any atom is -0.348 e. The lowest BCUT2D eigenvalue weighted by atomic mass is 10.3. The van der Waals surface area contributed by atoms with E-state index < -0.39 is 15.8 Å². The molecule has 1 aliphatic rings. The highest BCUT2D eigenvalue weighted by molar-refractivity contribution is 7.92. The molecule has 9 heteroatoms. The third kappa shape index (κ3) is 3.96. The van der Waals surface area contributed by atoms with Crippen LogP contribution in [-0.2, 0) is 19.5 Å². The molecule has 3 N–H and O–H groups in total. The van der Waals surface area contributed by atoms with Crippen LogP contribution in [0.3, 0.4) is 0 Å². The average Bonchev–Trinajstić information content (AvgIpc) is 2.99. The monoisotopic (exact) mass is 378 g/mol. The smallest absolute Gasteiger partial charge is 0.265 e. The zero-order chi connectivity index (χ0) is 18.8. The maximum Gasteiger partial charge on any atom is 0.265 e. The zero-order valence-corrected chi connectivity index (χ0v) is 15.4. The summed E-state index contributed by atoms with van der Waals surface area (Å²) in [6.45, 7) is 4.06. The molecule has 0 aliphatic carbocycles. The summed E-state index contributed by atoms with van der Waals surface area (Å²) in [5, 5.41) is 0. The quantitative estimate of drug-likeness (QED) is 0.582. The second-order valence-electron chi connectivity index (χ2n) is 6.35. The number of nitrogens with two attached hydrogens (primary N) is 1. The Labute approximate surface area is 152 Å². The third-order valence-corrected chi connectivity index (χ3v) is 5.73. The summed E-state index contributed by atoms with van der Waals surface area (Å²) in [5.41, 5.74) is 2.92. The number of nitrogens with one attached hydrogen (secondary N) is 1. The lowest BCUT2D eigenvalue weighted by molar-refractivity contribution is -0.136. The number of anilines is 2. The van der Waals surface area contributed by atoms with Crippen LogP contribution in [0, 0.1) is 0 Å². The van der Waals surface area contributed by atoms with Gasteiger partial charge in [0.1, 0.15) is 16.8 Å². The molecule has 2 aromatic rings. The maximum absolute atomic E-state index is 13.2. The number of para-hydroxylation sites is 1. The lowest BCUT2D eigenvalue weighted by Gasteiger charge is -2.27. The molecule has 0 amide bonds. The first-order chi connectivity index (χ1) is 12.3. The minimum absolute atomic E-state index is 0.0681. The molecular weight excluding hydrogens is 356 g/mol. The van der Waals surface area contributed by atoms with E-state index in [2.05, 4.69) is 10.4 Å². The number of rotatable bonds is 6. The van der Waals surface area contributed by atoms with Gasteiger partial charge in [-0.3, -0.25) is 4.31 Å². The van der Waals surface area contributed by atoms with Crippen molar-refractivity contribution in [3.05, 3.63) is 48.7 Å². The molecule has 1 unspecified atom stereocenters. The molecule has 0 spiro atoms. The van der Waals surface area contributed by atoms with Crippen molar-refractivity contribution < 1.29 is 17.9 Å². The van der Waals surface area contributed by atoms with Gasteiger partial charge >= 0.3 is 0 Å². The molecule has 1 fully saturated rings. The van der Waals surface area contributed by atoms with Crippen LogP contribution < -0.4 is 15.6 Å². The van der Waals surface area contributed by atoms with Gasteiger partial charge in [0, 0.05) is 6.20 Å². The summed E-state index contributed by atoms with van der Waals surface area (Å²) < 4.78 is 39.1. The summed E-state index contributed by atoms with van der Waals surface area (Å²) in [7, 11) is -3.84. The molecule has 8 nitrogen and oxygen atoms in total. The van der Waals surface area contributed by atoms with Crippen molar-refractivity contribution in [2.75, 3.05) is 22.9 Å². The Balaban J connectivity index is 1.94. The van der Waals surface area contributed by atoms with Gasteiger partial charge in [-0.25, -0.2) is 19.2 Å². The number of sulfonamides is 1. The minimum atomic E-state index is -3.84. The van der Waals surface area contributed by atoms with Crippen LogP contribution >= 0.6 is 0 Å². The van der Waals surface area contributed by atoms with Gasteiger partial charge in [0.2, 0.25) is 0 Å². The molecule has 0 bridgehead atoms. The fraction of sp³-hybridized carbons (Fsp3) is 0.353. The number of aromatic nitrogens is 1. The van der Waals surface area contributed by atoms with Crippen molar-refractivity contribution in [1.82, 2.24) is 4.98 Å². The van der Waals surface area contributed by atoms with Crippen LogP contribution in [0.4, 0.5) is 11.5 Å². The second kappa shape index (κ2) is 7.20. The third-order valence-electron chi connectivity index (χ3n) is 3.95. The van der Waals surface area contributed by atoms with E-state index in [4.69, 9.17) is 15.3 Å². The van der Waals surface area contributed by atoms with E-state index in [1.54, 1.807) is 38.1 Å². The molecule has 3 rings (SSSR count). The van der Waals surface area contributed by atoms with E-state index in [0.29, 0.717) is 18.1 Å². The highest BCUT2D eigenvalue weighted by Gasteiger charge is 2.36. The zero-order valence-electron chi connectivity index (χ0n) is 14.6. The molecule has 140 valence electrons. The first-order valence-corrected chi connectivity index (χ1v) is 9.58. The molecule has 2 heterocycles. The number of hydrogen-bond donors (Lipinski definition) is 2. The first kappa shape index (κ1) is 18.6. The first-order valence-electron chi connectivity index (χ1n) is 8.14. The Morgan fingerprint density at radius 1 is 1.27 bits per heavy atom. The maximum atomic E-state index is 13.2. The normalized spacial score (nSPS) is 19.3. The summed E-state index contributed by atoms with van der Waals surface area (Å²) in [4.78, 5) is 4.06. The van der Waals surface area contributed by atoms with Gasteiger partial charge in [-0.2, -0.15) is 0 Å². The average molecular weight is 378 g/mol. The van der Waals surface area contributed by atoms with Gasteiger partial charge in [-0.15, -0.1) is 0 Å². The van der Waals surface area contributed by atoms with E-state index in [1.165, 1.54) is 22.6 Å². The Hall–Kier alpha value is -2.20. The van der Waals surface area contributed by atoms with Crippen LogP contribution in [-0.4, -0.2) is 38.4 Å². The van der Waals surface area contributed by atoms with Gasteiger partial charge in [0.15, 0.2) is 5.79 Å². The van der Waals surface area contributed by atoms with Crippen LogP contribution in [0.1, 0.15) is 13.8 Å². The highest BCUT2D eigenvalue weighted by Crippen LogP contribution is 2.28. The summed E-state index contributed by atoms with van der Waals surface area (Å²) in [5.74, 6) is 4.94. The fourth-order valence-corrected chi connectivity index (χ4v) is 4.16. The van der Waals surface area contributed by atoms with Crippen molar-refractivity contribution in [1.29, 1.82) is 0 Å². The van der Waals surface area contributed by atoms with Gasteiger partial charge in [0.05, 0.1) is 18.8 Å². The fourth-order valence-electron chi connectivity index (χ4n) is 2.72. The highest BCUT2D eigenvalue weighted by atomic mass is 32.2. The van der Waals surface area contributed by atoms with E-state index >= 15 is 0 Å². The molecule has 1 aromatic carbocycles. The van der Waals surface area contributed by atoms with E-state index in [-0.39, 0.29) is 17.5 Å². The largest absolute Gasteiger partial charge is 0.348 e. The Kier molecular flexibility index (Phi) is 5.15. The molecule has 26 heavy (non-hydrogen) atoms. The van der Waals surface area contributed by atoms with Crippen LogP contribution in [0.25, 0.3) is 0 Å². The summed E-state index contributed by atoms with van der Waals surface area (Å²) in [6.07, 6.45) is 0.897.